The number of benzene rings is 2. The van der Waals surface area contributed by atoms with Gasteiger partial charge in [0.1, 0.15) is 5.82 Å². The van der Waals surface area contributed by atoms with Gasteiger partial charge in [0, 0.05) is 37.5 Å². The lowest BCUT2D eigenvalue weighted by atomic mass is 10.1. The van der Waals surface area contributed by atoms with Gasteiger partial charge in [-0.25, -0.2) is 9.18 Å². The van der Waals surface area contributed by atoms with Crippen LogP contribution < -0.4 is 15.1 Å². The number of ether oxygens (including phenoxy) is 1. The van der Waals surface area contributed by atoms with Gasteiger partial charge < -0.3 is 19.3 Å². The molecule has 36 heavy (non-hydrogen) atoms. The van der Waals surface area contributed by atoms with Crippen molar-refractivity contribution >= 4 is 46.2 Å². The van der Waals surface area contributed by atoms with Crippen molar-refractivity contribution in [2.75, 3.05) is 18.0 Å². The zero-order chi connectivity index (χ0) is 25.6. The molecular formula is C24H20ClFN4O6. The average Bonchev–Trinajstić information content (AvgIpc) is 3.58. The zero-order valence-electron chi connectivity index (χ0n) is 18.8. The monoisotopic (exact) mass is 514 g/mol. The molecular weight excluding hydrogens is 495 g/mol. The Kier molecular flexibility index (Phi) is 6.09. The molecule has 0 amide bonds. The molecule has 1 unspecified atom stereocenters. The van der Waals surface area contributed by atoms with Crippen LogP contribution in [-0.4, -0.2) is 46.1 Å². The fourth-order valence-corrected chi connectivity index (χ4v) is 4.89. The lowest BCUT2D eigenvalue weighted by Crippen LogP contribution is -2.23. The molecule has 1 saturated heterocycles. The molecule has 2 fully saturated rings. The Labute approximate surface area is 208 Å². The van der Waals surface area contributed by atoms with E-state index in [1.54, 1.807) is 27.8 Å². The molecule has 0 radical (unpaired) electrons. The Hall–Kier alpha value is -3.99. The molecule has 2 aromatic carbocycles. The molecule has 1 saturated carbocycles. The summed E-state index contributed by atoms with van der Waals surface area (Å²) in [6.45, 7) is 0.828. The standard InChI is InChI=1S/C24H20ClFN4O6/c25-20-21-17(23(31)19(36-24(32)33)12-29(21)15-4-5-15)9-18(26)22(20)28-7-6-14(11-28)27-10-13-2-1-3-16(8-13)30(34)35/h1-3,8-10,12,14-15H,4-7,11H2,(H,32,33). The quantitative estimate of drug-likeness (QED) is 0.217. The van der Waals surface area contributed by atoms with Crippen LogP contribution in [-0.2, 0) is 0 Å². The maximum Gasteiger partial charge on any atom is 0.511 e. The molecule has 1 aliphatic carbocycles. The SMILES string of the molecule is O=C(O)Oc1cn(C2CC2)c2c(Cl)c(N3CCC(N=Cc4cccc([N+](=O)[O-])c4)C3)c(F)cc2c1=O. The normalized spacial score (nSPS) is 17.7. The maximum absolute atomic E-state index is 15.3. The molecule has 2 aliphatic rings. The van der Waals surface area contributed by atoms with Crippen molar-refractivity contribution < 1.29 is 24.0 Å². The van der Waals surface area contributed by atoms with E-state index in [-0.39, 0.29) is 33.9 Å². The van der Waals surface area contributed by atoms with Crippen LogP contribution in [0.15, 0.2) is 46.3 Å². The summed E-state index contributed by atoms with van der Waals surface area (Å²) in [7, 11) is 0. The van der Waals surface area contributed by atoms with E-state index >= 15 is 4.39 Å². The number of carbonyl (C=O) groups is 1. The first kappa shape index (κ1) is 23.7. The Bertz CT molecular complexity index is 1490. The topological polar surface area (TPSA) is 127 Å². The van der Waals surface area contributed by atoms with E-state index in [9.17, 15) is 19.7 Å². The number of non-ortho nitro benzene ring substituents is 1. The van der Waals surface area contributed by atoms with Crippen molar-refractivity contribution in [3.05, 3.63) is 73.3 Å². The van der Waals surface area contributed by atoms with Gasteiger partial charge in [0.15, 0.2) is 5.75 Å². The second-order valence-electron chi connectivity index (χ2n) is 8.76. The molecule has 5 rings (SSSR count). The maximum atomic E-state index is 15.3. The van der Waals surface area contributed by atoms with Crippen LogP contribution in [0.25, 0.3) is 10.9 Å². The molecule has 1 atom stereocenters. The number of nitro groups is 1. The van der Waals surface area contributed by atoms with E-state index in [1.165, 1.54) is 18.3 Å². The van der Waals surface area contributed by atoms with Crippen molar-refractivity contribution in [2.24, 2.45) is 4.99 Å². The van der Waals surface area contributed by atoms with Gasteiger partial charge in [-0.05, 0) is 30.9 Å². The molecule has 1 N–H and O–H groups in total. The second-order valence-corrected chi connectivity index (χ2v) is 9.14. The third-order valence-corrected chi connectivity index (χ3v) is 6.64. The van der Waals surface area contributed by atoms with Crippen LogP contribution in [0.3, 0.4) is 0 Å². The number of aliphatic imine (C=N–C) groups is 1. The van der Waals surface area contributed by atoms with E-state index in [0.29, 0.717) is 30.6 Å². The fourth-order valence-electron chi connectivity index (χ4n) is 4.48. The van der Waals surface area contributed by atoms with Crippen LogP contribution in [0.1, 0.15) is 30.9 Å². The summed E-state index contributed by atoms with van der Waals surface area (Å²) in [6, 6.07) is 7.01. The van der Waals surface area contributed by atoms with E-state index in [0.717, 1.165) is 18.9 Å². The molecule has 12 heteroatoms. The van der Waals surface area contributed by atoms with Gasteiger partial charge in [-0.2, -0.15) is 0 Å². The number of pyridine rings is 1. The van der Waals surface area contributed by atoms with Gasteiger partial charge in [0.2, 0.25) is 5.43 Å². The fraction of sp³-hybridized carbons (Fsp3) is 0.292. The molecule has 3 aromatic rings. The zero-order valence-corrected chi connectivity index (χ0v) is 19.5. The summed E-state index contributed by atoms with van der Waals surface area (Å²) < 4.78 is 21.6. The first-order chi connectivity index (χ1) is 17.2. The first-order valence-electron chi connectivity index (χ1n) is 11.2. The van der Waals surface area contributed by atoms with Crippen molar-refractivity contribution in [1.29, 1.82) is 0 Å². The average molecular weight is 515 g/mol. The lowest BCUT2D eigenvalue weighted by molar-refractivity contribution is -0.384. The molecule has 186 valence electrons. The molecule has 1 aromatic heterocycles. The predicted molar refractivity (Wildman–Crippen MR) is 131 cm³/mol. The van der Waals surface area contributed by atoms with E-state index in [2.05, 4.69) is 9.73 Å². The van der Waals surface area contributed by atoms with Crippen molar-refractivity contribution in [2.45, 2.75) is 31.3 Å². The van der Waals surface area contributed by atoms with E-state index < -0.39 is 28.1 Å². The van der Waals surface area contributed by atoms with Crippen LogP contribution in [0, 0.1) is 15.9 Å². The third kappa shape index (κ3) is 4.49. The van der Waals surface area contributed by atoms with Crippen molar-refractivity contribution in [3.8, 4) is 5.75 Å². The largest absolute Gasteiger partial charge is 0.511 e. The number of anilines is 1. The number of rotatable bonds is 6. The minimum atomic E-state index is -1.63. The summed E-state index contributed by atoms with van der Waals surface area (Å²) in [5.41, 5.74) is 0.290. The highest BCUT2D eigenvalue weighted by Crippen LogP contribution is 2.43. The summed E-state index contributed by atoms with van der Waals surface area (Å²) in [4.78, 5) is 40.6. The minimum absolute atomic E-state index is 0.00547. The van der Waals surface area contributed by atoms with Gasteiger partial charge in [-0.1, -0.05) is 23.7 Å². The number of fused-ring (bicyclic) bond motifs is 1. The Balaban J connectivity index is 1.47. The summed E-state index contributed by atoms with van der Waals surface area (Å²) in [5.74, 6) is -1.11. The van der Waals surface area contributed by atoms with Crippen LogP contribution in [0.5, 0.6) is 5.75 Å². The van der Waals surface area contributed by atoms with Crippen LogP contribution in [0.2, 0.25) is 5.02 Å². The smallest absolute Gasteiger partial charge is 0.449 e. The Morgan fingerprint density at radius 2 is 2.08 bits per heavy atom. The molecule has 0 bridgehead atoms. The number of halogens is 2. The first-order valence-corrected chi connectivity index (χ1v) is 11.6. The van der Waals surface area contributed by atoms with Crippen LogP contribution in [0.4, 0.5) is 20.6 Å². The number of hydrogen-bond donors (Lipinski definition) is 1. The number of hydrogen-bond acceptors (Lipinski definition) is 7. The lowest BCUT2D eigenvalue weighted by Gasteiger charge is -2.23. The molecule has 10 nitrogen and oxygen atoms in total. The highest BCUT2D eigenvalue weighted by Gasteiger charge is 2.32. The van der Waals surface area contributed by atoms with E-state index in [4.69, 9.17) is 16.7 Å². The minimum Gasteiger partial charge on any atom is -0.449 e. The van der Waals surface area contributed by atoms with Crippen molar-refractivity contribution in [1.82, 2.24) is 4.57 Å². The molecule has 2 heterocycles. The highest BCUT2D eigenvalue weighted by atomic mass is 35.5. The number of nitrogens with zero attached hydrogens (tertiary/aromatic N) is 4. The molecule has 0 spiro atoms. The summed E-state index contributed by atoms with van der Waals surface area (Å²) in [5, 5.41) is 20.0. The molecule has 1 aliphatic heterocycles. The van der Waals surface area contributed by atoms with Gasteiger partial charge in [-0.3, -0.25) is 19.9 Å². The van der Waals surface area contributed by atoms with Gasteiger partial charge in [-0.15, -0.1) is 0 Å². The second kappa shape index (κ2) is 9.23. The number of aromatic nitrogens is 1. The summed E-state index contributed by atoms with van der Waals surface area (Å²) >= 11 is 6.70. The van der Waals surface area contributed by atoms with Gasteiger partial charge >= 0.3 is 6.16 Å². The Morgan fingerprint density at radius 3 is 2.78 bits per heavy atom. The Morgan fingerprint density at radius 1 is 1.31 bits per heavy atom. The third-order valence-electron chi connectivity index (χ3n) is 6.28. The van der Waals surface area contributed by atoms with E-state index in [1.807, 2.05) is 0 Å². The van der Waals surface area contributed by atoms with Gasteiger partial charge in [0.25, 0.3) is 5.69 Å². The number of carboxylic acid groups (broad SMARTS) is 1. The number of nitro benzene ring substituents is 1. The summed E-state index contributed by atoms with van der Waals surface area (Å²) in [6.07, 6.45) is 3.48. The van der Waals surface area contributed by atoms with Crippen LogP contribution >= 0.6 is 11.6 Å². The van der Waals surface area contributed by atoms with Gasteiger partial charge in [0.05, 0.1) is 38.8 Å². The predicted octanol–water partition coefficient (Wildman–Crippen LogP) is 4.79. The highest BCUT2D eigenvalue weighted by molar-refractivity contribution is 6.38. The van der Waals surface area contributed by atoms with Crippen molar-refractivity contribution in [3.63, 3.8) is 0 Å².